The van der Waals surface area contributed by atoms with E-state index in [0.717, 1.165) is 43.6 Å². The van der Waals surface area contributed by atoms with E-state index in [1.54, 1.807) is 0 Å². The summed E-state index contributed by atoms with van der Waals surface area (Å²) >= 11 is 0. The van der Waals surface area contributed by atoms with Crippen LogP contribution in [-0.4, -0.2) is 47.9 Å². The molecule has 1 aromatic carbocycles. The van der Waals surface area contributed by atoms with Gasteiger partial charge < -0.3 is 14.5 Å². The van der Waals surface area contributed by atoms with Gasteiger partial charge in [0.25, 0.3) is 0 Å². The summed E-state index contributed by atoms with van der Waals surface area (Å²) in [6, 6.07) is 7.71. The van der Waals surface area contributed by atoms with Crippen LogP contribution >= 0.6 is 17.0 Å². The Balaban J connectivity index is 0.00000338. The summed E-state index contributed by atoms with van der Waals surface area (Å²) in [5.74, 6) is 0.0327. The monoisotopic (exact) mass is 424 g/mol. The number of carbonyl (C=O) groups excluding carboxylic acids is 2. The van der Waals surface area contributed by atoms with Crippen LogP contribution in [0.15, 0.2) is 36.7 Å². The van der Waals surface area contributed by atoms with Gasteiger partial charge in [-0.1, -0.05) is 36.2 Å². The van der Waals surface area contributed by atoms with Crippen LogP contribution in [0.3, 0.4) is 0 Å². The molecular formula is C20H29BrN2O3. The van der Waals surface area contributed by atoms with Gasteiger partial charge in [-0.15, -0.1) is 17.0 Å². The van der Waals surface area contributed by atoms with E-state index in [1.807, 2.05) is 55.4 Å². The standard InChI is InChI=1S/C20H28N2O3.BrH/c1-3-25-20(24)7-5-4-6-12-21-13-14-22(16-21)15-19(23)18-10-8-17(2)9-11-18;/h8-11,13-14H,3-7,12,15-16H2,1-2H3;1H. The number of benzene rings is 1. The van der Waals surface area contributed by atoms with Gasteiger partial charge in [-0.05, 0) is 26.7 Å². The first-order chi connectivity index (χ1) is 12.1. The first kappa shape index (κ1) is 22.2. The zero-order chi connectivity index (χ0) is 18.1. The number of hydrogen-bond donors (Lipinski definition) is 0. The van der Waals surface area contributed by atoms with Gasteiger partial charge in [0.05, 0.1) is 19.8 Å². The maximum atomic E-state index is 12.3. The van der Waals surface area contributed by atoms with Crippen molar-refractivity contribution in [1.29, 1.82) is 0 Å². The van der Waals surface area contributed by atoms with Crippen molar-refractivity contribution >= 4 is 28.7 Å². The molecule has 1 aliphatic heterocycles. The van der Waals surface area contributed by atoms with Crippen LogP contribution in [0.1, 0.15) is 48.5 Å². The number of Topliss-reactive ketones (excluding diaryl/α,β-unsaturated/α-hetero) is 1. The largest absolute Gasteiger partial charge is 0.466 e. The summed E-state index contributed by atoms with van der Waals surface area (Å²) in [6.07, 6.45) is 7.42. The molecule has 0 saturated heterocycles. The number of halogens is 1. The Morgan fingerprint density at radius 1 is 1.04 bits per heavy atom. The average molecular weight is 425 g/mol. The van der Waals surface area contributed by atoms with E-state index in [1.165, 1.54) is 0 Å². The minimum Gasteiger partial charge on any atom is -0.466 e. The van der Waals surface area contributed by atoms with Crippen molar-refractivity contribution in [3.63, 3.8) is 0 Å². The molecule has 0 unspecified atom stereocenters. The summed E-state index contributed by atoms with van der Waals surface area (Å²) in [6.45, 7) is 6.38. The van der Waals surface area contributed by atoms with Crippen LogP contribution in [0.25, 0.3) is 0 Å². The van der Waals surface area contributed by atoms with E-state index in [0.29, 0.717) is 19.6 Å². The highest BCUT2D eigenvalue weighted by atomic mass is 79.9. The number of rotatable bonds is 10. The highest BCUT2D eigenvalue weighted by Crippen LogP contribution is 2.11. The summed E-state index contributed by atoms with van der Waals surface area (Å²) in [7, 11) is 0. The van der Waals surface area contributed by atoms with Crippen molar-refractivity contribution in [2.75, 3.05) is 26.4 Å². The number of carbonyl (C=O) groups is 2. The number of aryl methyl sites for hydroxylation is 1. The number of hydrogen-bond acceptors (Lipinski definition) is 5. The average Bonchev–Trinajstić information content (AvgIpc) is 3.02. The third kappa shape index (κ3) is 7.60. The molecule has 1 aromatic rings. The number of unbranched alkanes of at least 4 members (excludes halogenated alkanes) is 2. The van der Waals surface area contributed by atoms with E-state index >= 15 is 0 Å². The number of ether oxygens (including phenoxy) is 1. The summed E-state index contributed by atoms with van der Waals surface area (Å²) < 4.78 is 4.92. The molecule has 6 heteroatoms. The second-order valence-electron chi connectivity index (χ2n) is 6.40. The molecular weight excluding hydrogens is 396 g/mol. The minimum absolute atomic E-state index is 0. The van der Waals surface area contributed by atoms with E-state index in [2.05, 4.69) is 4.90 Å². The van der Waals surface area contributed by atoms with Crippen LogP contribution in [0.4, 0.5) is 0 Å². The predicted octanol–water partition coefficient (Wildman–Crippen LogP) is 3.93. The van der Waals surface area contributed by atoms with E-state index < -0.39 is 0 Å². The Hall–Kier alpha value is -1.82. The highest BCUT2D eigenvalue weighted by molar-refractivity contribution is 8.93. The van der Waals surface area contributed by atoms with Gasteiger partial charge in [-0.3, -0.25) is 9.59 Å². The zero-order valence-electron chi connectivity index (χ0n) is 15.6. The molecule has 5 nitrogen and oxygen atoms in total. The zero-order valence-corrected chi connectivity index (χ0v) is 17.4. The van der Waals surface area contributed by atoms with E-state index in [-0.39, 0.29) is 28.7 Å². The van der Waals surface area contributed by atoms with Crippen LogP contribution in [0.5, 0.6) is 0 Å². The van der Waals surface area contributed by atoms with Crippen LogP contribution in [0, 0.1) is 6.92 Å². The van der Waals surface area contributed by atoms with Gasteiger partial charge >= 0.3 is 5.97 Å². The van der Waals surface area contributed by atoms with Crippen molar-refractivity contribution in [3.8, 4) is 0 Å². The van der Waals surface area contributed by atoms with Crippen molar-refractivity contribution in [1.82, 2.24) is 9.80 Å². The molecule has 1 aliphatic rings. The Morgan fingerprint density at radius 2 is 1.73 bits per heavy atom. The fraction of sp³-hybridized carbons (Fsp3) is 0.500. The quantitative estimate of drug-likeness (QED) is 0.323. The van der Waals surface area contributed by atoms with Crippen LogP contribution in [0.2, 0.25) is 0 Å². The molecule has 1 heterocycles. The van der Waals surface area contributed by atoms with E-state index in [4.69, 9.17) is 4.74 Å². The number of nitrogens with zero attached hydrogens (tertiary/aromatic N) is 2. The molecule has 0 atom stereocenters. The van der Waals surface area contributed by atoms with Crippen molar-refractivity contribution < 1.29 is 14.3 Å². The van der Waals surface area contributed by atoms with Gasteiger partial charge in [0.1, 0.15) is 0 Å². The first-order valence-corrected chi connectivity index (χ1v) is 9.00. The second kappa shape index (κ2) is 11.7. The summed E-state index contributed by atoms with van der Waals surface area (Å²) in [5.41, 5.74) is 1.92. The van der Waals surface area contributed by atoms with Crippen LogP contribution < -0.4 is 0 Å². The molecule has 144 valence electrons. The fourth-order valence-electron chi connectivity index (χ4n) is 2.77. The summed E-state index contributed by atoms with van der Waals surface area (Å²) in [5, 5.41) is 0. The number of ketones is 1. The summed E-state index contributed by atoms with van der Waals surface area (Å²) in [4.78, 5) is 27.8. The SMILES string of the molecule is Br.CCOC(=O)CCCCCN1C=CN(CC(=O)c2ccc(C)cc2)C1. The normalized spacial score (nSPS) is 12.8. The lowest BCUT2D eigenvalue weighted by molar-refractivity contribution is -0.143. The van der Waals surface area contributed by atoms with Gasteiger partial charge in [-0.25, -0.2) is 0 Å². The topological polar surface area (TPSA) is 49.9 Å². The Kier molecular flexibility index (Phi) is 10.0. The molecule has 0 aromatic heterocycles. The molecule has 0 fully saturated rings. The molecule has 0 N–H and O–H groups in total. The lowest BCUT2D eigenvalue weighted by Gasteiger charge is -2.20. The molecule has 0 spiro atoms. The van der Waals surface area contributed by atoms with Gasteiger partial charge in [-0.2, -0.15) is 0 Å². The molecule has 0 amide bonds. The molecule has 0 saturated carbocycles. The maximum absolute atomic E-state index is 12.3. The molecule has 0 radical (unpaired) electrons. The lowest BCUT2D eigenvalue weighted by atomic mass is 10.1. The highest BCUT2D eigenvalue weighted by Gasteiger charge is 2.16. The van der Waals surface area contributed by atoms with Crippen molar-refractivity contribution in [2.24, 2.45) is 0 Å². The Labute approximate surface area is 166 Å². The van der Waals surface area contributed by atoms with Gasteiger partial charge in [0.2, 0.25) is 0 Å². The number of esters is 1. The molecule has 26 heavy (non-hydrogen) atoms. The second-order valence-corrected chi connectivity index (χ2v) is 6.40. The van der Waals surface area contributed by atoms with Crippen molar-refractivity contribution in [3.05, 3.63) is 47.8 Å². The minimum atomic E-state index is -0.107. The molecule has 0 aliphatic carbocycles. The third-order valence-electron chi connectivity index (χ3n) is 4.20. The van der Waals surface area contributed by atoms with Crippen LogP contribution in [-0.2, 0) is 9.53 Å². The Morgan fingerprint density at radius 3 is 2.42 bits per heavy atom. The Bertz CT molecular complexity index is 602. The van der Waals surface area contributed by atoms with Crippen molar-refractivity contribution in [2.45, 2.75) is 39.5 Å². The van der Waals surface area contributed by atoms with E-state index in [9.17, 15) is 9.59 Å². The van der Waals surface area contributed by atoms with Gasteiger partial charge in [0.15, 0.2) is 5.78 Å². The predicted molar refractivity (Wildman–Crippen MR) is 108 cm³/mol. The van der Waals surface area contributed by atoms with Gasteiger partial charge in [0, 0.05) is 30.9 Å². The first-order valence-electron chi connectivity index (χ1n) is 9.00. The smallest absolute Gasteiger partial charge is 0.305 e. The maximum Gasteiger partial charge on any atom is 0.305 e. The molecule has 0 bridgehead atoms. The fourth-order valence-corrected chi connectivity index (χ4v) is 2.77. The lowest BCUT2D eigenvalue weighted by Crippen LogP contribution is -2.30. The third-order valence-corrected chi connectivity index (χ3v) is 4.20. The molecule has 2 rings (SSSR count).